The van der Waals surface area contributed by atoms with Crippen molar-refractivity contribution in [1.29, 1.82) is 0 Å². The van der Waals surface area contributed by atoms with E-state index in [1.54, 1.807) is 0 Å². The Labute approximate surface area is 35.6 Å². The van der Waals surface area contributed by atoms with Crippen LogP contribution in [-0.4, -0.2) is 0 Å². The van der Waals surface area contributed by atoms with Crippen LogP contribution in [0.4, 0.5) is 0 Å². The van der Waals surface area contributed by atoms with Crippen LogP contribution in [0.2, 0.25) is 0 Å². The summed E-state index contributed by atoms with van der Waals surface area (Å²) in [4.78, 5) is 0. The van der Waals surface area contributed by atoms with Gasteiger partial charge in [0.05, 0.1) is 0 Å². The van der Waals surface area contributed by atoms with Crippen LogP contribution < -0.4 is 0 Å². The first-order valence-corrected chi connectivity index (χ1v) is 2.10. The van der Waals surface area contributed by atoms with E-state index in [0.29, 0.717) is 12.8 Å². The van der Waals surface area contributed by atoms with Crippen molar-refractivity contribution < 1.29 is 1.37 Å². The Morgan fingerprint density at radius 2 is 2.60 bits per heavy atom. The maximum absolute atomic E-state index is 6.81. The van der Waals surface area contributed by atoms with Crippen LogP contribution in [0.15, 0.2) is 0 Å². The molecular weight excluding hydrogens is 60.1 g/mol. The molecule has 0 saturated heterocycles. The molecule has 0 aliphatic heterocycles. The van der Waals surface area contributed by atoms with E-state index in [4.69, 9.17) is 1.37 Å². The highest BCUT2D eigenvalue weighted by molar-refractivity contribution is 4.32. The molecular formula is C5H12. The normalized spacial score (nSPS) is 17.6. The van der Waals surface area contributed by atoms with Crippen molar-refractivity contribution >= 4 is 0 Å². The van der Waals surface area contributed by atoms with E-state index in [1.807, 2.05) is 0 Å². The van der Waals surface area contributed by atoms with Crippen molar-refractivity contribution in [2.45, 2.75) is 27.2 Å². The molecule has 0 saturated carbocycles. The summed E-state index contributed by atoms with van der Waals surface area (Å²) in [7, 11) is 0. The van der Waals surface area contributed by atoms with E-state index >= 15 is 0 Å². The summed E-state index contributed by atoms with van der Waals surface area (Å²) in [6.07, 6.45) is 1.14. The van der Waals surface area contributed by atoms with Crippen LogP contribution in [0.25, 0.3) is 0 Å². The largest absolute Gasteiger partial charge is 0.0651 e. The fraction of sp³-hybridized carbons (Fsp3) is 1.00. The second kappa shape index (κ2) is 2.25. The summed E-state index contributed by atoms with van der Waals surface area (Å²) in [6.45, 7) is 4.78. The van der Waals surface area contributed by atoms with Gasteiger partial charge in [-0.1, -0.05) is 27.2 Å². The van der Waals surface area contributed by atoms with Crippen molar-refractivity contribution in [3.8, 4) is 0 Å². The van der Waals surface area contributed by atoms with E-state index in [9.17, 15) is 0 Å². The lowest BCUT2D eigenvalue weighted by Gasteiger charge is -1.90. The molecule has 0 heteroatoms. The Bertz CT molecular complexity index is 23.1. The van der Waals surface area contributed by atoms with Gasteiger partial charge in [-0.25, -0.2) is 0 Å². The first kappa shape index (κ1) is 3.20. The molecule has 0 aliphatic rings. The molecule has 32 valence electrons. The van der Waals surface area contributed by atoms with Gasteiger partial charge in [-0.3, -0.25) is 0 Å². The molecule has 0 rings (SSSR count). The van der Waals surface area contributed by atoms with Crippen molar-refractivity contribution in [2.24, 2.45) is 5.92 Å². The Balaban J connectivity index is 2.75. The molecule has 0 fully saturated rings. The first-order valence-electron chi connectivity index (χ1n) is 2.81. The van der Waals surface area contributed by atoms with E-state index in [2.05, 4.69) is 13.8 Å². The predicted molar refractivity (Wildman–Crippen MR) is 25.1 cm³/mol. The molecule has 0 aliphatic carbocycles. The second-order valence-corrected chi connectivity index (χ2v) is 1.51. The zero-order chi connectivity index (χ0) is 4.99. The quantitative estimate of drug-likeness (QED) is 0.445. The van der Waals surface area contributed by atoms with Crippen molar-refractivity contribution in [2.75, 3.05) is 0 Å². The van der Waals surface area contributed by atoms with Crippen molar-refractivity contribution in [3.05, 3.63) is 0 Å². The highest BCUT2D eigenvalue weighted by Gasteiger charge is 1.80. The molecule has 0 radical (unpaired) electrons. The molecule has 0 spiro atoms. The first-order chi connectivity index (χ1) is 2.81. The zero-order valence-electron chi connectivity index (χ0n) is 4.99. The van der Waals surface area contributed by atoms with Gasteiger partial charge in [0.1, 0.15) is 0 Å². The van der Waals surface area contributed by atoms with Gasteiger partial charge in [0.25, 0.3) is 0 Å². The molecule has 5 heavy (non-hydrogen) atoms. The number of hydrogen-bond donors (Lipinski definition) is 0. The molecule has 0 amide bonds. The Morgan fingerprint density at radius 3 is 2.60 bits per heavy atom. The summed E-state index contributed by atoms with van der Waals surface area (Å²) >= 11 is 0. The van der Waals surface area contributed by atoms with Crippen LogP contribution >= 0.6 is 0 Å². The molecule has 0 aromatic heterocycles. The summed E-state index contributed by atoms with van der Waals surface area (Å²) < 4.78 is 6.81. The lowest BCUT2D eigenvalue weighted by Crippen LogP contribution is -1.77. The van der Waals surface area contributed by atoms with Crippen LogP contribution in [-0.2, 0) is 0 Å². The van der Waals surface area contributed by atoms with Gasteiger partial charge in [-0.05, 0) is 5.92 Å². The average molecular weight is 73.2 g/mol. The smallest absolute Gasteiger partial charge is 0.0233 e. The molecule has 0 bridgehead atoms. The Kier molecular flexibility index (Phi) is 1.44. The summed E-state index contributed by atoms with van der Waals surface area (Å²) in [5.41, 5.74) is 0. The standard InChI is InChI=1S/C5H12/c1-4-5(2)3/h5H,4H2,1-3H3/i2D. The van der Waals surface area contributed by atoms with Crippen LogP contribution in [0.5, 0.6) is 0 Å². The monoisotopic (exact) mass is 73.1 g/mol. The maximum atomic E-state index is 6.81. The highest BCUT2D eigenvalue weighted by Crippen LogP contribution is 1.93. The summed E-state index contributed by atoms with van der Waals surface area (Å²) in [5, 5.41) is 0. The Morgan fingerprint density at radius 1 is 2.00 bits per heavy atom. The minimum Gasteiger partial charge on any atom is -0.0651 e. The van der Waals surface area contributed by atoms with E-state index in [1.165, 1.54) is 0 Å². The van der Waals surface area contributed by atoms with Gasteiger partial charge in [0.15, 0.2) is 0 Å². The molecule has 1 atom stereocenters. The molecule has 0 aromatic rings. The van der Waals surface area contributed by atoms with E-state index in [-0.39, 0.29) is 0 Å². The third-order valence-corrected chi connectivity index (χ3v) is 0.697. The van der Waals surface area contributed by atoms with E-state index in [0.717, 1.165) is 6.42 Å². The van der Waals surface area contributed by atoms with Crippen LogP contribution in [0.1, 0.15) is 28.5 Å². The number of hydrogen-bond acceptors (Lipinski definition) is 0. The SMILES string of the molecule is [2H]CC(C)CC. The highest BCUT2D eigenvalue weighted by atomic mass is 13.9. The van der Waals surface area contributed by atoms with Gasteiger partial charge in [0.2, 0.25) is 0 Å². The summed E-state index contributed by atoms with van der Waals surface area (Å²) in [5.74, 6) is 0.602. The third kappa shape index (κ3) is 4.00. The van der Waals surface area contributed by atoms with Gasteiger partial charge in [0, 0.05) is 1.37 Å². The van der Waals surface area contributed by atoms with E-state index < -0.39 is 0 Å². The number of rotatable bonds is 1. The topological polar surface area (TPSA) is 0 Å². The molecule has 0 nitrogen and oxygen atoms in total. The van der Waals surface area contributed by atoms with Gasteiger partial charge in [-0.2, -0.15) is 0 Å². The Hall–Kier alpha value is 0. The molecule has 0 heterocycles. The zero-order valence-corrected chi connectivity index (χ0v) is 3.99. The van der Waals surface area contributed by atoms with Crippen LogP contribution in [0.3, 0.4) is 0 Å². The predicted octanol–water partition coefficient (Wildman–Crippen LogP) is 2.05. The molecule has 0 aromatic carbocycles. The lowest BCUT2D eigenvalue weighted by atomic mass is 10.2. The fourth-order valence-electron chi connectivity index (χ4n) is 0. The minimum atomic E-state index is 0.580. The molecule has 0 N–H and O–H groups in total. The average Bonchev–Trinajstić information content (AvgIpc) is 1.65. The summed E-state index contributed by atoms with van der Waals surface area (Å²) in [6, 6.07) is 0. The molecule has 1 unspecified atom stereocenters. The fourth-order valence-corrected chi connectivity index (χ4v) is 0. The van der Waals surface area contributed by atoms with Crippen molar-refractivity contribution in [3.63, 3.8) is 0 Å². The maximum Gasteiger partial charge on any atom is 0.0233 e. The van der Waals surface area contributed by atoms with Crippen molar-refractivity contribution in [1.82, 2.24) is 0 Å². The minimum absolute atomic E-state index is 0.580. The third-order valence-electron chi connectivity index (χ3n) is 0.697. The van der Waals surface area contributed by atoms with Gasteiger partial charge in [-0.15, -0.1) is 0 Å². The lowest BCUT2D eigenvalue weighted by molar-refractivity contribution is 0.626. The second-order valence-electron chi connectivity index (χ2n) is 1.51. The van der Waals surface area contributed by atoms with Crippen LogP contribution in [0, 0.1) is 5.92 Å². The van der Waals surface area contributed by atoms with Gasteiger partial charge < -0.3 is 0 Å². The van der Waals surface area contributed by atoms with Gasteiger partial charge >= 0.3 is 0 Å².